The molecule has 1 aromatic carbocycles. The van der Waals surface area contributed by atoms with Crippen molar-refractivity contribution in [1.29, 1.82) is 0 Å². The first kappa shape index (κ1) is 21.4. The van der Waals surface area contributed by atoms with E-state index < -0.39 is 27.4 Å². The predicted molar refractivity (Wildman–Crippen MR) is 91.8 cm³/mol. The quantitative estimate of drug-likeness (QED) is 0.461. The van der Waals surface area contributed by atoms with Crippen LogP contribution >= 0.6 is 0 Å². The van der Waals surface area contributed by atoms with Gasteiger partial charge in [0, 0.05) is 19.2 Å². The molecule has 1 aromatic rings. The molecule has 0 heterocycles. The summed E-state index contributed by atoms with van der Waals surface area (Å²) in [6.45, 7) is 4.77. The fourth-order valence-corrected chi connectivity index (χ4v) is 4.37. The molecule has 0 fully saturated rings. The van der Waals surface area contributed by atoms with Crippen molar-refractivity contribution in [2.75, 3.05) is 20.3 Å². The number of hydroxylamine groups is 1. The van der Waals surface area contributed by atoms with E-state index in [4.69, 9.17) is 15.1 Å². The van der Waals surface area contributed by atoms with Gasteiger partial charge in [-0.15, -0.1) is 0 Å². The van der Waals surface area contributed by atoms with Crippen LogP contribution in [0.1, 0.15) is 27.2 Å². The van der Waals surface area contributed by atoms with Crippen LogP contribution in [0, 0.1) is 5.41 Å². The molecule has 0 aliphatic heterocycles. The topological polar surface area (TPSA) is 116 Å². The molecule has 0 bridgehead atoms. The van der Waals surface area contributed by atoms with Crippen molar-refractivity contribution < 1.29 is 28.3 Å². The highest BCUT2D eigenvalue weighted by Crippen LogP contribution is 2.30. The molecule has 3 N–H and O–H groups in total. The SMILES string of the molecule is COc1cccc(S(=O)(=O)N(CCCO)[C@@H](C(=O)NO)C(C)(C)C)c1. The Kier molecular flexibility index (Phi) is 7.36. The molecule has 142 valence electrons. The molecule has 0 unspecified atom stereocenters. The Labute approximate surface area is 148 Å². The number of nitrogens with one attached hydrogen (secondary N) is 1. The summed E-state index contributed by atoms with van der Waals surface area (Å²) in [6, 6.07) is 4.74. The van der Waals surface area contributed by atoms with Gasteiger partial charge in [-0.2, -0.15) is 4.31 Å². The van der Waals surface area contributed by atoms with Gasteiger partial charge < -0.3 is 9.84 Å². The maximum absolute atomic E-state index is 13.1. The molecule has 25 heavy (non-hydrogen) atoms. The van der Waals surface area contributed by atoms with Gasteiger partial charge in [-0.25, -0.2) is 13.9 Å². The normalized spacial score (nSPS) is 13.6. The minimum atomic E-state index is -4.07. The molecule has 0 aliphatic carbocycles. The van der Waals surface area contributed by atoms with Crippen LogP contribution in [-0.4, -0.2) is 55.2 Å². The van der Waals surface area contributed by atoms with Crippen molar-refractivity contribution in [1.82, 2.24) is 9.79 Å². The third kappa shape index (κ3) is 5.15. The Morgan fingerprint density at radius 1 is 1.36 bits per heavy atom. The lowest BCUT2D eigenvalue weighted by atomic mass is 9.86. The maximum atomic E-state index is 13.1. The second-order valence-electron chi connectivity index (χ2n) is 6.62. The lowest BCUT2D eigenvalue weighted by Gasteiger charge is -2.37. The Morgan fingerprint density at radius 3 is 2.48 bits per heavy atom. The van der Waals surface area contributed by atoms with E-state index in [1.807, 2.05) is 0 Å². The number of benzene rings is 1. The number of nitrogens with zero attached hydrogens (tertiary/aromatic N) is 1. The van der Waals surface area contributed by atoms with Crippen molar-refractivity contribution in [3.8, 4) is 5.75 Å². The minimum absolute atomic E-state index is 0.0372. The van der Waals surface area contributed by atoms with E-state index in [2.05, 4.69) is 0 Å². The van der Waals surface area contributed by atoms with E-state index in [1.54, 1.807) is 32.3 Å². The molecule has 0 saturated carbocycles. The van der Waals surface area contributed by atoms with Crippen LogP contribution in [0.15, 0.2) is 29.2 Å². The van der Waals surface area contributed by atoms with Gasteiger partial charge in [-0.05, 0) is 24.0 Å². The van der Waals surface area contributed by atoms with Crippen molar-refractivity contribution >= 4 is 15.9 Å². The number of rotatable bonds is 8. The zero-order chi connectivity index (χ0) is 19.3. The van der Waals surface area contributed by atoms with Gasteiger partial charge in [0.1, 0.15) is 11.8 Å². The van der Waals surface area contributed by atoms with E-state index >= 15 is 0 Å². The molecule has 0 spiro atoms. The van der Waals surface area contributed by atoms with Crippen LogP contribution in [0.4, 0.5) is 0 Å². The summed E-state index contributed by atoms with van der Waals surface area (Å²) in [6.07, 6.45) is 0.147. The largest absolute Gasteiger partial charge is 0.497 e. The first-order chi connectivity index (χ1) is 11.6. The number of aliphatic hydroxyl groups is 1. The highest BCUT2D eigenvalue weighted by Gasteiger charge is 2.42. The zero-order valence-electron chi connectivity index (χ0n) is 14.9. The first-order valence-corrected chi connectivity index (χ1v) is 9.24. The van der Waals surface area contributed by atoms with Crippen molar-refractivity contribution in [2.24, 2.45) is 5.41 Å². The van der Waals surface area contributed by atoms with E-state index in [-0.39, 0.29) is 24.5 Å². The van der Waals surface area contributed by atoms with Crippen LogP contribution in [0.5, 0.6) is 5.75 Å². The number of carbonyl (C=O) groups excluding carboxylic acids is 1. The summed E-state index contributed by atoms with van der Waals surface area (Å²) in [5.74, 6) is -0.473. The Hall–Kier alpha value is -1.68. The fourth-order valence-electron chi connectivity index (χ4n) is 2.53. The maximum Gasteiger partial charge on any atom is 0.262 e. The van der Waals surface area contributed by atoms with Crippen molar-refractivity contribution in [3.63, 3.8) is 0 Å². The predicted octanol–water partition coefficient (Wildman–Crippen LogP) is 0.988. The first-order valence-electron chi connectivity index (χ1n) is 7.80. The van der Waals surface area contributed by atoms with Gasteiger partial charge in [-0.3, -0.25) is 10.0 Å². The van der Waals surface area contributed by atoms with E-state index in [9.17, 15) is 13.2 Å². The smallest absolute Gasteiger partial charge is 0.262 e. The summed E-state index contributed by atoms with van der Waals surface area (Å²) in [7, 11) is -2.65. The number of aliphatic hydroxyl groups excluding tert-OH is 1. The minimum Gasteiger partial charge on any atom is -0.497 e. The molecule has 9 heteroatoms. The number of amides is 1. The third-order valence-corrected chi connectivity index (χ3v) is 5.51. The van der Waals surface area contributed by atoms with Crippen LogP contribution in [0.25, 0.3) is 0 Å². The molecule has 1 atom stereocenters. The molecule has 0 aliphatic rings. The summed E-state index contributed by atoms with van der Waals surface area (Å²) in [5, 5.41) is 18.2. The van der Waals surface area contributed by atoms with Crippen LogP contribution in [0.2, 0.25) is 0 Å². The van der Waals surface area contributed by atoms with E-state index in [0.29, 0.717) is 5.75 Å². The van der Waals surface area contributed by atoms with Gasteiger partial charge in [0.2, 0.25) is 10.0 Å². The standard InChI is InChI=1S/C16H26N2O6S/c1-16(2,3)14(15(20)17-21)18(9-6-10-19)25(22,23)13-8-5-7-12(11-13)24-4/h5,7-8,11,14,19,21H,6,9-10H2,1-4H3,(H,17,20)/t14-/m0/s1. The molecule has 8 nitrogen and oxygen atoms in total. The Bertz CT molecular complexity index is 684. The van der Waals surface area contributed by atoms with Crippen LogP contribution in [-0.2, 0) is 14.8 Å². The summed E-state index contributed by atoms with van der Waals surface area (Å²) in [4.78, 5) is 12.2. The second-order valence-corrected chi connectivity index (χ2v) is 8.51. The number of sulfonamides is 1. The molecule has 0 saturated heterocycles. The molecule has 0 aromatic heterocycles. The highest BCUT2D eigenvalue weighted by molar-refractivity contribution is 7.89. The number of hydrogen-bond donors (Lipinski definition) is 3. The highest BCUT2D eigenvalue weighted by atomic mass is 32.2. The second kappa shape index (κ2) is 8.61. The van der Waals surface area contributed by atoms with Gasteiger partial charge >= 0.3 is 0 Å². The van der Waals surface area contributed by atoms with Gasteiger partial charge in [0.05, 0.1) is 12.0 Å². The van der Waals surface area contributed by atoms with E-state index in [0.717, 1.165) is 4.31 Å². The van der Waals surface area contributed by atoms with Gasteiger partial charge in [0.15, 0.2) is 0 Å². The summed E-state index contributed by atoms with van der Waals surface area (Å²) >= 11 is 0. The van der Waals surface area contributed by atoms with Crippen LogP contribution < -0.4 is 10.2 Å². The molecule has 1 amide bonds. The zero-order valence-corrected chi connectivity index (χ0v) is 15.7. The number of ether oxygens (including phenoxy) is 1. The van der Waals surface area contributed by atoms with Gasteiger partial charge in [0.25, 0.3) is 5.91 Å². The number of hydrogen-bond acceptors (Lipinski definition) is 6. The van der Waals surface area contributed by atoms with Crippen molar-refractivity contribution in [3.05, 3.63) is 24.3 Å². The van der Waals surface area contributed by atoms with E-state index in [1.165, 1.54) is 25.3 Å². The summed E-state index contributed by atoms with van der Waals surface area (Å²) < 4.78 is 32.4. The van der Waals surface area contributed by atoms with Crippen LogP contribution in [0.3, 0.4) is 0 Å². The Morgan fingerprint density at radius 2 is 2.00 bits per heavy atom. The molecule has 0 radical (unpaired) electrons. The van der Waals surface area contributed by atoms with Gasteiger partial charge in [-0.1, -0.05) is 26.8 Å². The lowest BCUT2D eigenvalue weighted by Crippen LogP contribution is -2.55. The monoisotopic (exact) mass is 374 g/mol. The average Bonchev–Trinajstić information content (AvgIpc) is 2.56. The Balaban J connectivity index is 3.47. The lowest BCUT2D eigenvalue weighted by molar-refractivity contribution is -0.136. The third-order valence-electron chi connectivity index (χ3n) is 3.65. The molecule has 1 rings (SSSR count). The molecular formula is C16H26N2O6S. The number of methoxy groups -OCH3 is 1. The molecular weight excluding hydrogens is 348 g/mol. The number of carbonyl (C=O) groups is 1. The average molecular weight is 374 g/mol. The summed E-state index contributed by atoms with van der Waals surface area (Å²) in [5.41, 5.74) is 0.745. The fraction of sp³-hybridized carbons (Fsp3) is 0.562. The van der Waals surface area contributed by atoms with Crippen molar-refractivity contribution in [2.45, 2.75) is 38.1 Å².